The van der Waals surface area contributed by atoms with Gasteiger partial charge in [0.25, 0.3) is 5.92 Å². The van der Waals surface area contributed by atoms with E-state index in [-0.39, 0.29) is 18.9 Å². The molecule has 2 nitrogen and oxygen atoms in total. The molecule has 82 valence electrons. The Kier molecular flexibility index (Phi) is 2.59. The van der Waals surface area contributed by atoms with Crippen LogP contribution < -0.4 is 4.74 Å². The fraction of sp³-hybridized carbons (Fsp3) is 0.545. The van der Waals surface area contributed by atoms with Gasteiger partial charge in [0.05, 0.1) is 0 Å². The second kappa shape index (κ2) is 3.76. The third kappa shape index (κ3) is 2.43. The molecule has 0 aromatic carbocycles. The van der Waals surface area contributed by atoms with Crippen LogP contribution in [0.4, 0.5) is 8.78 Å². The average Bonchev–Trinajstić information content (AvgIpc) is 2.16. The van der Waals surface area contributed by atoms with Crippen molar-refractivity contribution in [3.63, 3.8) is 0 Å². The summed E-state index contributed by atoms with van der Waals surface area (Å²) in [7, 11) is 0. The van der Waals surface area contributed by atoms with Crippen molar-refractivity contribution in [1.29, 1.82) is 0 Å². The fourth-order valence-electron chi connectivity index (χ4n) is 1.55. The van der Waals surface area contributed by atoms with Crippen LogP contribution in [-0.4, -0.2) is 17.0 Å². The van der Waals surface area contributed by atoms with E-state index in [4.69, 9.17) is 4.74 Å². The first-order valence-corrected chi connectivity index (χ1v) is 5.08. The van der Waals surface area contributed by atoms with Crippen LogP contribution in [0.15, 0.2) is 18.3 Å². The third-order valence-electron chi connectivity index (χ3n) is 2.55. The Bertz CT molecular complexity index is 329. The quantitative estimate of drug-likeness (QED) is 0.770. The molecule has 1 fully saturated rings. The van der Waals surface area contributed by atoms with Crippen molar-refractivity contribution >= 4 is 0 Å². The van der Waals surface area contributed by atoms with E-state index in [1.165, 1.54) is 0 Å². The minimum Gasteiger partial charge on any atom is -0.474 e. The zero-order valence-corrected chi connectivity index (χ0v) is 8.54. The molecule has 2 rings (SSSR count). The van der Waals surface area contributed by atoms with Crippen LogP contribution in [0.1, 0.15) is 25.3 Å². The lowest BCUT2D eigenvalue weighted by atomic mass is 9.91. The Morgan fingerprint density at radius 1 is 1.47 bits per heavy atom. The minimum atomic E-state index is -2.53. The zero-order chi connectivity index (χ0) is 10.9. The Balaban J connectivity index is 1.89. The van der Waals surface area contributed by atoms with Gasteiger partial charge in [-0.1, -0.05) is 13.0 Å². The number of aromatic nitrogens is 1. The van der Waals surface area contributed by atoms with Crippen molar-refractivity contribution < 1.29 is 13.5 Å². The van der Waals surface area contributed by atoms with Gasteiger partial charge in [-0.25, -0.2) is 13.8 Å². The maximum atomic E-state index is 12.5. The minimum absolute atomic E-state index is 0.190. The summed E-state index contributed by atoms with van der Waals surface area (Å²) >= 11 is 0. The first-order valence-electron chi connectivity index (χ1n) is 5.08. The van der Waals surface area contributed by atoms with Gasteiger partial charge in [-0.2, -0.15) is 0 Å². The topological polar surface area (TPSA) is 22.1 Å². The summed E-state index contributed by atoms with van der Waals surface area (Å²) in [5, 5.41) is 0. The van der Waals surface area contributed by atoms with Gasteiger partial charge >= 0.3 is 0 Å². The van der Waals surface area contributed by atoms with Gasteiger partial charge in [-0.3, -0.25) is 0 Å². The molecule has 4 heteroatoms. The molecule has 1 saturated carbocycles. The molecule has 0 unspecified atom stereocenters. The molecule has 1 aliphatic rings. The normalized spacial score (nSPS) is 19.7. The number of hydrogen-bond acceptors (Lipinski definition) is 2. The smallest absolute Gasteiger partial charge is 0.255 e. The molecule has 1 heterocycles. The number of nitrogens with zero attached hydrogens (tertiary/aromatic N) is 1. The maximum absolute atomic E-state index is 12.5. The molecule has 0 saturated heterocycles. The summed E-state index contributed by atoms with van der Waals surface area (Å²) in [6, 6.07) is 3.63. The molecule has 1 aliphatic carbocycles. The molecule has 0 N–H and O–H groups in total. The second-order valence-electron chi connectivity index (χ2n) is 3.86. The Hall–Kier alpha value is -1.19. The maximum Gasteiger partial charge on any atom is 0.255 e. The highest BCUT2D eigenvalue weighted by Crippen LogP contribution is 2.39. The molecule has 0 spiro atoms. The summed E-state index contributed by atoms with van der Waals surface area (Å²) in [5.74, 6) is -2.10. The van der Waals surface area contributed by atoms with Crippen LogP contribution in [0.3, 0.4) is 0 Å². The van der Waals surface area contributed by atoms with Crippen molar-refractivity contribution in [3.8, 4) is 5.88 Å². The number of aryl methyl sites for hydroxylation is 1. The molecule has 0 radical (unpaired) electrons. The average molecular weight is 213 g/mol. The molecular weight excluding hydrogens is 200 g/mol. The number of pyridine rings is 1. The molecule has 0 bridgehead atoms. The van der Waals surface area contributed by atoms with E-state index in [0.29, 0.717) is 5.88 Å². The number of ether oxygens (including phenoxy) is 1. The summed E-state index contributed by atoms with van der Waals surface area (Å²) in [6.45, 7) is 2.03. The van der Waals surface area contributed by atoms with E-state index in [9.17, 15) is 8.78 Å². The highest BCUT2D eigenvalue weighted by molar-refractivity contribution is 5.18. The lowest BCUT2D eigenvalue weighted by Gasteiger charge is -2.34. The standard InChI is InChI=1S/C11H13F2NO/c1-2-8-3-4-10(14-7-8)15-9-5-11(12,13)6-9/h3-4,7,9H,2,5-6H2,1H3. The molecular formula is C11H13F2NO. The van der Waals surface area contributed by atoms with E-state index in [1.807, 2.05) is 13.0 Å². The first-order chi connectivity index (χ1) is 7.09. The van der Waals surface area contributed by atoms with Crippen LogP contribution in [0, 0.1) is 0 Å². The number of alkyl halides is 2. The summed E-state index contributed by atoms with van der Waals surface area (Å²) < 4.78 is 30.3. The van der Waals surface area contributed by atoms with Crippen LogP contribution in [-0.2, 0) is 6.42 Å². The predicted octanol–water partition coefficient (Wildman–Crippen LogP) is 2.82. The number of rotatable bonds is 3. The van der Waals surface area contributed by atoms with Gasteiger partial charge in [0.2, 0.25) is 5.88 Å². The molecule has 0 atom stereocenters. The number of halogens is 2. The zero-order valence-electron chi connectivity index (χ0n) is 8.54. The highest BCUT2D eigenvalue weighted by atomic mass is 19.3. The monoisotopic (exact) mass is 213 g/mol. The molecule has 0 amide bonds. The van der Waals surface area contributed by atoms with Crippen LogP contribution in [0.5, 0.6) is 5.88 Å². The Morgan fingerprint density at radius 2 is 2.20 bits per heavy atom. The van der Waals surface area contributed by atoms with Crippen molar-refractivity contribution in [2.75, 3.05) is 0 Å². The van der Waals surface area contributed by atoms with Crippen molar-refractivity contribution in [2.24, 2.45) is 0 Å². The molecule has 15 heavy (non-hydrogen) atoms. The van der Waals surface area contributed by atoms with Crippen molar-refractivity contribution in [3.05, 3.63) is 23.9 Å². The van der Waals surface area contributed by atoms with Gasteiger partial charge in [-0.15, -0.1) is 0 Å². The van der Waals surface area contributed by atoms with E-state index < -0.39 is 5.92 Å². The Morgan fingerprint density at radius 3 is 2.67 bits per heavy atom. The lowest BCUT2D eigenvalue weighted by Crippen LogP contribution is -2.43. The molecule has 1 aromatic rings. The van der Waals surface area contributed by atoms with Crippen LogP contribution >= 0.6 is 0 Å². The number of hydrogen-bond donors (Lipinski definition) is 0. The molecule has 0 aliphatic heterocycles. The second-order valence-corrected chi connectivity index (χ2v) is 3.86. The van der Waals surface area contributed by atoms with Crippen LogP contribution in [0.2, 0.25) is 0 Å². The van der Waals surface area contributed by atoms with Gasteiger partial charge in [0.15, 0.2) is 0 Å². The van der Waals surface area contributed by atoms with Gasteiger partial charge in [-0.05, 0) is 12.0 Å². The summed E-state index contributed by atoms with van der Waals surface area (Å²) in [5.41, 5.74) is 1.11. The predicted molar refractivity (Wildman–Crippen MR) is 52.2 cm³/mol. The summed E-state index contributed by atoms with van der Waals surface area (Å²) in [6.07, 6.45) is 1.87. The Labute approximate surface area is 87.3 Å². The molecule has 1 aromatic heterocycles. The fourth-order valence-corrected chi connectivity index (χ4v) is 1.55. The van der Waals surface area contributed by atoms with E-state index in [1.54, 1.807) is 12.3 Å². The first kappa shape index (κ1) is 10.3. The van der Waals surface area contributed by atoms with E-state index in [0.717, 1.165) is 12.0 Å². The van der Waals surface area contributed by atoms with Crippen molar-refractivity contribution in [1.82, 2.24) is 4.98 Å². The SMILES string of the molecule is CCc1ccc(OC2CC(F)(F)C2)nc1. The van der Waals surface area contributed by atoms with Gasteiger partial charge in [0.1, 0.15) is 6.10 Å². The third-order valence-corrected chi connectivity index (χ3v) is 2.55. The largest absolute Gasteiger partial charge is 0.474 e. The van der Waals surface area contributed by atoms with Gasteiger partial charge in [0, 0.05) is 25.1 Å². The van der Waals surface area contributed by atoms with E-state index >= 15 is 0 Å². The van der Waals surface area contributed by atoms with Crippen LogP contribution in [0.25, 0.3) is 0 Å². The lowest BCUT2D eigenvalue weighted by molar-refractivity contribution is -0.135. The van der Waals surface area contributed by atoms with E-state index in [2.05, 4.69) is 4.98 Å². The highest BCUT2D eigenvalue weighted by Gasteiger charge is 2.47. The summed E-state index contributed by atoms with van der Waals surface area (Å²) in [4.78, 5) is 4.05. The van der Waals surface area contributed by atoms with Crippen molar-refractivity contribution in [2.45, 2.75) is 38.2 Å². The van der Waals surface area contributed by atoms with Gasteiger partial charge < -0.3 is 4.74 Å².